The van der Waals surface area contributed by atoms with E-state index in [0.717, 1.165) is 18.7 Å². The monoisotopic (exact) mass is 278 g/mol. The van der Waals surface area contributed by atoms with E-state index < -0.39 is 0 Å². The zero-order valence-electron chi connectivity index (χ0n) is 11.8. The highest BCUT2D eigenvalue weighted by atomic mass is 16.5. The minimum absolute atomic E-state index is 0.0224. The van der Waals surface area contributed by atoms with Gasteiger partial charge >= 0.3 is 0 Å². The van der Waals surface area contributed by atoms with Gasteiger partial charge in [-0.25, -0.2) is 0 Å². The van der Waals surface area contributed by atoms with Crippen LogP contribution < -0.4 is 5.32 Å². The number of hydrogen-bond donors (Lipinski definition) is 2. The average Bonchev–Trinajstić information content (AvgIpc) is 3.10. The molecule has 0 aromatic carbocycles. The number of nitrogens with one attached hydrogen (secondary N) is 1. The number of aliphatic hydroxyl groups excluding tert-OH is 1. The van der Waals surface area contributed by atoms with Gasteiger partial charge < -0.3 is 19.8 Å². The van der Waals surface area contributed by atoms with Crippen molar-refractivity contribution in [3.05, 3.63) is 11.7 Å². The van der Waals surface area contributed by atoms with Crippen LogP contribution in [-0.2, 0) is 0 Å². The Balaban J connectivity index is 1.48. The summed E-state index contributed by atoms with van der Waals surface area (Å²) in [6.07, 6.45) is 5.27. The smallest absolute Gasteiger partial charge is 0.243 e. The van der Waals surface area contributed by atoms with Gasteiger partial charge in [0.25, 0.3) is 0 Å². The predicted octanol–water partition coefficient (Wildman–Crippen LogP) is 0.805. The molecule has 4 atom stereocenters. The average molecular weight is 278 g/mol. The lowest BCUT2D eigenvalue weighted by molar-refractivity contribution is 0.157. The van der Waals surface area contributed by atoms with Crippen molar-refractivity contribution in [2.75, 3.05) is 13.6 Å². The largest absolute Gasteiger partial charge is 0.392 e. The summed E-state index contributed by atoms with van der Waals surface area (Å²) >= 11 is 0. The minimum Gasteiger partial charge on any atom is -0.392 e. The van der Waals surface area contributed by atoms with Gasteiger partial charge in [0.1, 0.15) is 0 Å². The quantitative estimate of drug-likeness (QED) is 0.834. The molecule has 2 bridgehead atoms. The number of β-amino-alcohol motifs (C(OH)–C–C–N with tert-alkyl or cyclic N) is 1. The van der Waals surface area contributed by atoms with Gasteiger partial charge in [-0.05, 0) is 39.2 Å². The zero-order valence-corrected chi connectivity index (χ0v) is 11.8. The SMILES string of the molecule is CN1C2CCC1CC(c1noc([C@H]3C[C@H](O)CN3)n1)C2. The lowest BCUT2D eigenvalue weighted by atomic mass is 9.90. The molecular formula is C14H22N4O2. The molecule has 2 unspecified atom stereocenters. The van der Waals surface area contributed by atoms with Gasteiger partial charge in [0.15, 0.2) is 5.82 Å². The second-order valence-electron chi connectivity index (χ2n) is 6.56. The van der Waals surface area contributed by atoms with Crippen LogP contribution in [0.1, 0.15) is 55.8 Å². The van der Waals surface area contributed by atoms with E-state index in [4.69, 9.17) is 4.52 Å². The van der Waals surface area contributed by atoms with Gasteiger partial charge in [-0.1, -0.05) is 5.16 Å². The molecule has 20 heavy (non-hydrogen) atoms. The van der Waals surface area contributed by atoms with Crippen molar-refractivity contribution in [1.29, 1.82) is 0 Å². The number of hydrogen-bond acceptors (Lipinski definition) is 6. The Hall–Kier alpha value is -0.980. The molecule has 0 saturated carbocycles. The number of aliphatic hydroxyl groups is 1. The molecule has 6 nitrogen and oxygen atoms in total. The van der Waals surface area contributed by atoms with Gasteiger partial charge in [-0.2, -0.15) is 4.98 Å². The van der Waals surface area contributed by atoms with Gasteiger partial charge in [0.05, 0.1) is 12.1 Å². The first-order valence-electron chi connectivity index (χ1n) is 7.67. The topological polar surface area (TPSA) is 74.4 Å². The molecular weight excluding hydrogens is 256 g/mol. The van der Waals surface area contributed by atoms with Crippen molar-refractivity contribution in [2.45, 2.75) is 62.3 Å². The molecule has 0 spiro atoms. The Morgan fingerprint density at radius 2 is 2.00 bits per heavy atom. The molecule has 0 aliphatic carbocycles. The summed E-state index contributed by atoms with van der Waals surface area (Å²) in [4.78, 5) is 7.12. The fourth-order valence-electron chi connectivity index (χ4n) is 4.08. The van der Waals surface area contributed by atoms with E-state index in [2.05, 4.69) is 27.4 Å². The van der Waals surface area contributed by atoms with E-state index in [1.165, 1.54) is 12.8 Å². The van der Waals surface area contributed by atoms with Crippen LogP contribution in [0.4, 0.5) is 0 Å². The summed E-state index contributed by atoms with van der Waals surface area (Å²) in [5.41, 5.74) is 0. The highest BCUT2D eigenvalue weighted by Gasteiger charge is 2.40. The zero-order chi connectivity index (χ0) is 13.7. The Bertz CT molecular complexity index is 477. The molecule has 110 valence electrons. The van der Waals surface area contributed by atoms with E-state index in [1.807, 2.05) is 0 Å². The van der Waals surface area contributed by atoms with Gasteiger partial charge in [-0.15, -0.1) is 0 Å². The Morgan fingerprint density at radius 3 is 2.65 bits per heavy atom. The fourth-order valence-corrected chi connectivity index (χ4v) is 4.08. The molecule has 0 amide bonds. The van der Waals surface area contributed by atoms with Crippen LogP contribution in [-0.4, -0.2) is 51.9 Å². The van der Waals surface area contributed by atoms with Crippen LogP contribution in [0.2, 0.25) is 0 Å². The van der Waals surface area contributed by atoms with Crippen LogP contribution in [0.15, 0.2) is 4.52 Å². The van der Waals surface area contributed by atoms with Crippen LogP contribution in [0, 0.1) is 0 Å². The van der Waals surface area contributed by atoms with E-state index in [-0.39, 0.29) is 12.1 Å². The van der Waals surface area contributed by atoms with Crippen molar-refractivity contribution in [2.24, 2.45) is 0 Å². The first kappa shape index (κ1) is 12.7. The molecule has 3 aliphatic heterocycles. The number of rotatable bonds is 2. The molecule has 3 fully saturated rings. The molecule has 4 heterocycles. The fraction of sp³-hybridized carbons (Fsp3) is 0.857. The highest BCUT2D eigenvalue weighted by Crippen LogP contribution is 2.41. The third-order valence-corrected chi connectivity index (χ3v) is 5.33. The second kappa shape index (κ2) is 4.79. The molecule has 1 aromatic rings. The Morgan fingerprint density at radius 1 is 1.25 bits per heavy atom. The van der Waals surface area contributed by atoms with Crippen molar-refractivity contribution in [1.82, 2.24) is 20.4 Å². The Kier molecular flexibility index (Phi) is 3.05. The number of nitrogens with zero attached hydrogens (tertiary/aromatic N) is 3. The van der Waals surface area contributed by atoms with Crippen LogP contribution in [0.5, 0.6) is 0 Å². The van der Waals surface area contributed by atoms with Crippen molar-refractivity contribution in [3.63, 3.8) is 0 Å². The first-order chi connectivity index (χ1) is 9.70. The molecule has 0 radical (unpaired) electrons. The number of aromatic nitrogens is 2. The van der Waals surface area contributed by atoms with Crippen molar-refractivity contribution < 1.29 is 9.63 Å². The van der Waals surface area contributed by atoms with Crippen molar-refractivity contribution >= 4 is 0 Å². The maximum atomic E-state index is 9.57. The van der Waals surface area contributed by atoms with Crippen molar-refractivity contribution in [3.8, 4) is 0 Å². The summed E-state index contributed by atoms with van der Waals surface area (Å²) in [6, 6.07) is 1.40. The first-order valence-corrected chi connectivity index (χ1v) is 7.67. The maximum Gasteiger partial charge on any atom is 0.243 e. The third-order valence-electron chi connectivity index (χ3n) is 5.33. The summed E-state index contributed by atoms with van der Waals surface area (Å²) in [5.74, 6) is 1.95. The van der Waals surface area contributed by atoms with Gasteiger partial charge in [0.2, 0.25) is 5.89 Å². The van der Waals surface area contributed by atoms with Gasteiger partial charge in [-0.3, -0.25) is 0 Å². The third kappa shape index (κ3) is 2.06. The van der Waals surface area contributed by atoms with Crippen LogP contribution in [0.25, 0.3) is 0 Å². The normalized spacial score (nSPS) is 41.4. The van der Waals surface area contributed by atoms with E-state index in [9.17, 15) is 5.11 Å². The summed E-state index contributed by atoms with van der Waals surface area (Å²) < 4.78 is 5.42. The Labute approximate surface area is 118 Å². The molecule has 1 aromatic heterocycles. The molecule has 6 heteroatoms. The van der Waals surface area contributed by atoms with Crippen LogP contribution in [0.3, 0.4) is 0 Å². The lowest BCUT2D eigenvalue weighted by Crippen LogP contribution is -2.39. The summed E-state index contributed by atoms with van der Waals surface area (Å²) in [7, 11) is 2.24. The van der Waals surface area contributed by atoms with Gasteiger partial charge in [0, 0.05) is 24.5 Å². The molecule has 4 rings (SSSR count). The van der Waals surface area contributed by atoms with E-state index >= 15 is 0 Å². The molecule has 3 saturated heterocycles. The van der Waals surface area contributed by atoms with E-state index in [1.54, 1.807) is 0 Å². The minimum atomic E-state index is -0.297. The number of piperidine rings is 1. The van der Waals surface area contributed by atoms with Crippen LogP contribution >= 0.6 is 0 Å². The highest BCUT2D eigenvalue weighted by molar-refractivity contribution is 5.07. The summed E-state index contributed by atoms with van der Waals surface area (Å²) in [6.45, 7) is 0.612. The maximum absolute atomic E-state index is 9.57. The molecule has 3 aliphatic rings. The lowest BCUT2D eigenvalue weighted by Gasteiger charge is -2.34. The predicted molar refractivity (Wildman–Crippen MR) is 72.2 cm³/mol. The van der Waals surface area contributed by atoms with E-state index in [0.29, 0.717) is 36.9 Å². The number of fused-ring (bicyclic) bond motifs is 2. The summed E-state index contributed by atoms with van der Waals surface area (Å²) in [5, 5.41) is 17.0. The molecule has 2 N–H and O–H groups in total. The second-order valence-corrected chi connectivity index (χ2v) is 6.56. The standard InChI is InChI=1S/C14H22N4O2/c1-18-9-2-3-10(18)5-8(4-9)13-16-14(20-17-13)12-6-11(19)7-15-12/h8-12,15,19H,2-7H2,1H3/t8?,9?,10?,11-,12+/m0/s1.